The van der Waals surface area contributed by atoms with Crippen LogP contribution >= 0.6 is 11.6 Å². The van der Waals surface area contributed by atoms with Crippen molar-refractivity contribution >= 4 is 22.9 Å². The van der Waals surface area contributed by atoms with Crippen LogP contribution in [-0.2, 0) is 9.53 Å². The van der Waals surface area contributed by atoms with E-state index >= 15 is 0 Å². The van der Waals surface area contributed by atoms with Crippen LogP contribution in [0.4, 0.5) is 4.79 Å². The smallest absolute Gasteiger partial charge is 0.410 e. The number of carbonyl (C=O) groups excluding carboxylic acids is 2. The first-order valence-electron chi connectivity index (χ1n) is 4.50. The number of ether oxygens (including phenoxy) is 1. The second kappa shape index (κ2) is 3.77. The normalized spacial score (nSPS) is 21.4. The summed E-state index contributed by atoms with van der Waals surface area (Å²) >= 11 is 5.30. The van der Waals surface area contributed by atoms with E-state index in [-0.39, 0.29) is 0 Å². The van der Waals surface area contributed by atoms with E-state index in [0.717, 1.165) is 0 Å². The third kappa shape index (κ3) is 2.61. The molecule has 0 unspecified atom stereocenters. The van der Waals surface area contributed by atoms with Crippen molar-refractivity contribution in [2.45, 2.75) is 38.8 Å². The Morgan fingerprint density at radius 2 is 2.00 bits per heavy atom. The summed E-state index contributed by atoms with van der Waals surface area (Å²) in [6.07, 6.45) is 0.157. The predicted octanol–water partition coefficient (Wildman–Crippen LogP) is 1.76. The summed E-state index contributed by atoms with van der Waals surface area (Å²) < 4.78 is 5.10. The van der Waals surface area contributed by atoms with E-state index < -0.39 is 23.0 Å². The first-order chi connectivity index (χ1) is 6.31. The molecule has 1 aliphatic heterocycles. The molecule has 1 amide bonds. The summed E-state index contributed by atoms with van der Waals surface area (Å²) in [5, 5.41) is -0.498. The van der Waals surface area contributed by atoms with E-state index in [9.17, 15) is 9.59 Å². The molecule has 1 saturated heterocycles. The molecule has 14 heavy (non-hydrogen) atoms. The Hall–Kier alpha value is -0.770. The Kier molecular flexibility index (Phi) is 3.04. The van der Waals surface area contributed by atoms with Gasteiger partial charge in [-0.25, -0.2) is 4.79 Å². The molecule has 1 heterocycles. The largest absolute Gasteiger partial charge is 0.444 e. The number of hydrogen-bond acceptors (Lipinski definition) is 3. The lowest BCUT2D eigenvalue weighted by atomic mass is 10.1. The number of carbonyl (C=O) groups is 2. The monoisotopic (exact) mass is 219 g/mol. The summed E-state index contributed by atoms with van der Waals surface area (Å²) in [5.41, 5.74) is -0.535. The number of likely N-dealkylation sites (tertiary alicyclic amines) is 1. The Balaban J connectivity index is 2.51. The van der Waals surface area contributed by atoms with Crippen LogP contribution in [0.5, 0.6) is 0 Å². The van der Waals surface area contributed by atoms with Crippen molar-refractivity contribution in [1.82, 2.24) is 4.90 Å². The van der Waals surface area contributed by atoms with E-state index in [4.69, 9.17) is 16.3 Å². The SMILES string of the molecule is CC(C)(C)OC(=O)N1CC[C@H]1C(=O)Cl. The highest BCUT2D eigenvalue weighted by molar-refractivity contribution is 6.65. The lowest BCUT2D eigenvalue weighted by Crippen LogP contribution is -2.55. The van der Waals surface area contributed by atoms with Gasteiger partial charge in [-0.2, -0.15) is 0 Å². The quantitative estimate of drug-likeness (QED) is 0.632. The van der Waals surface area contributed by atoms with Gasteiger partial charge in [0.25, 0.3) is 0 Å². The van der Waals surface area contributed by atoms with Gasteiger partial charge in [-0.05, 0) is 38.8 Å². The maximum Gasteiger partial charge on any atom is 0.410 e. The van der Waals surface area contributed by atoms with Crippen molar-refractivity contribution in [3.8, 4) is 0 Å². The number of nitrogens with zero attached hydrogens (tertiary/aromatic N) is 1. The fourth-order valence-corrected chi connectivity index (χ4v) is 1.39. The van der Waals surface area contributed by atoms with Gasteiger partial charge in [0.1, 0.15) is 11.6 Å². The van der Waals surface area contributed by atoms with Crippen LogP contribution in [0.3, 0.4) is 0 Å². The summed E-state index contributed by atoms with van der Waals surface area (Å²) in [5.74, 6) is 0. The molecule has 0 radical (unpaired) electrons. The van der Waals surface area contributed by atoms with E-state index in [1.54, 1.807) is 20.8 Å². The van der Waals surface area contributed by atoms with E-state index in [1.165, 1.54) is 4.90 Å². The zero-order valence-corrected chi connectivity index (χ0v) is 9.30. The standard InChI is InChI=1S/C9H14ClNO3/c1-9(2,3)14-8(13)11-5-4-6(11)7(10)12/h6H,4-5H2,1-3H3/t6-/m0/s1. The molecular formula is C9H14ClNO3. The lowest BCUT2D eigenvalue weighted by molar-refractivity contribution is -0.120. The molecule has 1 rings (SSSR count). The Bertz CT molecular complexity index is 259. The second-order valence-corrected chi connectivity index (χ2v) is 4.65. The maximum atomic E-state index is 11.4. The van der Waals surface area contributed by atoms with Gasteiger partial charge in [0, 0.05) is 6.54 Å². The van der Waals surface area contributed by atoms with Crippen molar-refractivity contribution < 1.29 is 14.3 Å². The highest BCUT2D eigenvalue weighted by Gasteiger charge is 2.38. The number of amides is 1. The molecule has 1 aliphatic rings. The molecule has 4 nitrogen and oxygen atoms in total. The van der Waals surface area contributed by atoms with Crippen molar-refractivity contribution in [2.24, 2.45) is 0 Å². The van der Waals surface area contributed by atoms with Gasteiger partial charge in [-0.15, -0.1) is 0 Å². The summed E-state index contributed by atoms with van der Waals surface area (Å²) in [6, 6.07) is -0.494. The molecule has 1 atom stereocenters. The Morgan fingerprint density at radius 3 is 2.29 bits per heavy atom. The third-order valence-corrected chi connectivity index (χ3v) is 2.16. The molecule has 80 valence electrons. The van der Waals surface area contributed by atoms with Gasteiger partial charge < -0.3 is 4.74 Å². The van der Waals surface area contributed by atoms with Crippen molar-refractivity contribution in [2.75, 3.05) is 6.54 Å². The van der Waals surface area contributed by atoms with E-state index in [2.05, 4.69) is 0 Å². The van der Waals surface area contributed by atoms with Gasteiger partial charge in [-0.1, -0.05) is 0 Å². The topological polar surface area (TPSA) is 46.6 Å². The van der Waals surface area contributed by atoms with Gasteiger partial charge in [0.05, 0.1) is 0 Å². The van der Waals surface area contributed by atoms with Crippen molar-refractivity contribution in [3.05, 3.63) is 0 Å². The molecule has 0 aliphatic carbocycles. The van der Waals surface area contributed by atoms with Crippen LogP contribution in [0.25, 0.3) is 0 Å². The first-order valence-corrected chi connectivity index (χ1v) is 4.88. The minimum absolute atomic E-state index is 0.470. The Labute approximate surface area is 88.2 Å². The minimum Gasteiger partial charge on any atom is -0.444 e. The summed E-state index contributed by atoms with van der Waals surface area (Å²) in [4.78, 5) is 23.6. The highest BCUT2D eigenvalue weighted by atomic mass is 35.5. The average molecular weight is 220 g/mol. The minimum atomic E-state index is -0.535. The first kappa shape index (κ1) is 11.3. The molecule has 1 fully saturated rings. The van der Waals surface area contributed by atoms with Gasteiger partial charge in [0.15, 0.2) is 0 Å². The van der Waals surface area contributed by atoms with Crippen LogP contribution in [0.1, 0.15) is 27.2 Å². The van der Waals surface area contributed by atoms with Crippen molar-refractivity contribution in [1.29, 1.82) is 0 Å². The van der Waals surface area contributed by atoms with Gasteiger partial charge in [0.2, 0.25) is 5.24 Å². The molecule has 0 saturated carbocycles. The zero-order valence-electron chi connectivity index (χ0n) is 8.54. The predicted molar refractivity (Wildman–Crippen MR) is 52.2 cm³/mol. The molecule has 5 heteroatoms. The molecule has 0 N–H and O–H groups in total. The van der Waals surface area contributed by atoms with Crippen LogP contribution < -0.4 is 0 Å². The van der Waals surface area contributed by atoms with Gasteiger partial charge >= 0.3 is 6.09 Å². The molecule has 0 bridgehead atoms. The second-order valence-electron chi connectivity index (χ2n) is 4.28. The average Bonchev–Trinajstić information content (AvgIpc) is 1.75. The molecule has 0 aromatic heterocycles. The van der Waals surface area contributed by atoms with Crippen LogP contribution in [0.2, 0.25) is 0 Å². The number of hydrogen-bond donors (Lipinski definition) is 0. The molecule has 0 aromatic rings. The fourth-order valence-electron chi connectivity index (χ4n) is 1.16. The maximum absolute atomic E-state index is 11.4. The van der Waals surface area contributed by atoms with Crippen LogP contribution in [0.15, 0.2) is 0 Å². The van der Waals surface area contributed by atoms with Crippen molar-refractivity contribution in [3.63, 3.8) is 0 Å². The lowest BCUT2D eigenvalue weighted by Gasteiger charge is -2.38. The summed E-state index contributed by atoms with van der Waals surface area (Å²) in [6.45, 7) is 5.88. The van der Waals surface area contributed by atoms with Crippen LogP contribution in [0, 0.1) is 0 Å². The highest BCUT2D eigenvalue weighted by Crippen LogP contribution is 2.22. The molecule has 0 aromatic carbocycles. The van der Waals surface area contributed by atoms with Crippen LogP contribution in [-0.4, -0.2) is 34.4 Å². The summed E-state index contributed by atoms with van der Waals surface area (Å²) in [7, 11) is 0. The number of rotatable bonds is 1. The fraction of sp³-hybridized carbons (Fsp3) is 0.778. The third-order valence-electron chi connectivity index (χ3n) is 1.91. The zero-order chi connectivity index (χ0) is 10.9. The molecular weight excluding hydrogens is 206 g/mol. The number of halogens is 1. The van der Waals surface area contributed by atoms with Gasteiger partial charge in [-0.3, -0.25) is 9.69 Å². The van der Waals surface area contributed by atoms with E-state index in [1.807, 2.05) is 0 Å². The Morgan fingerprint density at radius 1 is 1.43 bits per heavy atom. The molecule has 0 spiro atoms. The van der Waals surface area contributed by atoms with E-state index in [0.29, 0.717) is 13.0 Å².